The highest BCUT2D eigenvalue weighted by Gasteiger charge is 2.21. The highest BCUT2D eigenvalue weighted by Crippen LogP contribution is 2.31. The molecule has 2 N–H and O–H groups in total. The molecule has 0 amide bonds. The molecule has 3 rings (SSSR count). The van der Waals surface area contributed by atoms with Crippen molar-refractivity contribution in [2.45, 2.75) is 62.7 Å². The van der Waals surface area contributed by atoms with Gasteiger partial charge in [0.1, 0.15) is 0 Å². The molecule has 0 heterocycles. The Bertz CT molecular complexity index is 1330. The van der Waals surface area contributed by atoms with E-state index < -0.39 is 16.0 Å². The van der Waals surface area contributed by atoms with Crippen LogP contribution >= 0.6 is 11.6 Å². The van der Waals surface area contributed by atoms with Gasteiger partial charge in [0.2, 0.25) is 10.0 Å². The molecule has 202 valence electrons. The summed E-state index contributed by atoms with van der Waals surface area (Å²) in [5, 5.41) is 9.13. The Morgan fingerprint density at radius 2 is 1.39 bits per heavy atom. The van der Waals surface area contributed by atoms with E-state index in [2.05, 4.69) is 4.72 Å². The molecule has 0 saturated heterocycles. The molecule has 0 aromatic heterocycles. The van der Waals surface area contributed by atoms with Crippen molar-refractivity contribution in [3.8, 4) is 11.1 Å². The molecule has 0 bridgehead atoms. The lowest BCUT2D eigenvalue weighted by Gasteiger charge is -2.14. The number of carbonyl (C=O) groups excluding carboxylic acids is 1. The maximum absolute atomic E-state index is 13.3. The predicted molar refractivity (Wildman–Crippen MR) is 151 cm³/mol. The predicted octanol–water partition coefficient (Wildman–Crippen LogP) is 7.11. The van der Waals surface area contributed by atoms with E-state index in [1.807, 2.05) is 6.07 Å². The molecule has 38 heavy (non-hydrogen) atoms. The second kappa shape index (κ2) is 14.8. The molecule has 0 radical (unpaired) electrons. The summed E-state index contributed by atoms with van der Waals surface area (Å²) in [6.07, 6.45) is 7.63. The highest BCUT2D eigenvalue weighted by atomic mass is 35.5. The van der Waals surface area contributed by atoms with Gasteiger partial charge < -0.3 is 5.11 Å². The van der Waals surface area contributed by atoms with Gasteiger partial charge in [0.25, 0.3) is 0 Å². The van der Waals surface area contributed by atoms with E-state index in [-0.39, 0.29) is 17.1 Å². The van der Waals surface area contributed by atoms with Gasteiger partial charge in [-0.2, -0.15) is 0 Å². The van der Waals surface area contributed by atoms with Crippen LogP contribution in [0, 0.1) is 0 Å². The maximum atomic E-state index is 13.3. The second-order valence-electron chi connectivity index (χ2n) is 9.29. The van der Waals surface area contributed by atoms with Crippen molar-refractivity contribution < 1.29 is 23.1 Å². The fraction of sp³-hybridized carbons (Fsp3) is 0.333. The van der Waals surface area contributed by atoms with Gasteiger partial charge in [0, 0.05) is 34.7 Å². The molecule has 8 heteroatoms. The van der Waals surface area contributed by atoms with Gasteiger partial charge in [0.15, 0.2) is 5.78 Å². The fourth-order valence-electron chi connectivity index (χ4n) is 4.29. The number of ketones is 1. The van der Waals surface area contributed by atoms with E-state index in [9.17, 15) is 18.0 Å². The Labute approximate surface area is 230 Å². The van der Waals surface area contributed by atoms with Crippen LogP contribution < -0.4 is 4.72 Å². The van der Waals surface area contributed by atoms with Crippen LogP contribution in [0.2, 0.25) is 5.02 Å². The molecular formula is C30H34ClNO5S. The minimum atomic E-state index is -3.83. The quantitative estimate of drug-likeness (QED) is 0.145. The molecule has 0 aliphatic rings. The van der Waals surface area contributed by atoms with Crippen molar-refractivity contribution in [1.82, 2.24) is 4.72 Å². The summed E-state index contributed by atoms with van der Waals surface area (Å²) in [5.74, 6) is -0.934. The number of halogens is 1. The zero-order valence-corrected chi connectivity index (χ0v) is 22.9. The number of carboxylic acids is 1. The summed E-state index contributed by atoms with van der Waals surface area (Å²) in [6, 6.07) is 20.5. The molecule has 6 nitrogen and oxygen atoms in total. The number of hydrogen-bond acceptors (Lipinski definition) is 4. The SMILES string of the molecule is O=C(O)CCCCCCCCCCNS(=O)(=O)c1ccc(C(=O)c2ccccc2)cc1-c1cccc(Cl)c1. The van der Waals surface area contributed by atoms with Crippen molar-refractivity contribution in [3.63, 3.8) is 0 Å². The van der Waals surface area contributed by atoms with Crippen LogP contribution in [0.15, 0.2) is 77.7 Å². The normalized spacial score (nSPS) is 11.4. The van der Waals surface area contributed by atoms with E-state index in [0.29, 0.717) is 33.8 Å². The average molecular weight is 556 g/mol. The van der Waals surface area contributed by atoms with Crippen LogP contribution in [-0.4, -0.2) is 31.8 Å². The summed E-state index contributed by atoms with van der Waals surface area (Å²) >= 11 is 6.20. The van der Waals surface area contributed by atoms with Crippen LogP contribution in [-0.2, 0) is 14.8 Å². The largest absolute Gasteiger partial charge is 0.481 e. The first kappa shape index (κ1) is 29.6. The molecule has 0 unspecified atom stereocenters. The Hall–Kier alpha value is -3.00. The van der Waals surface area contributed by atoms with Crippen LogP contribution in [0.4, 0.5) is 0 Å². The minimum absolute atomic E-state index is 0.103. The number of sulfonamides is 1. The number of hydrogen-bond donors (Lipinski definition) is 2. The van der Waals surface area contributed by atoms with Gasteiger partial charge in [0.05, 0.1) is 4.90 Å². The van der Waals surface area contributed by atoms with E-state index in [1.165, 1.54) is 6.07 Å². The van der Waals surface area contributed by atoms with E-state index in [4.69, 9.17) is 16.7 Å². The number of aliphatic carboxylic acids is 1. The molecule has 0 saturated carbocycles. The Balaban J connectivity index is 1.63. The third-order valence-electron chi connectivity index (χ3n) is 6.31. The third-order valence-corrected chi connectivity index (χ3v) is 8.07. The number of unbranched alkanes of at least 4 members (excludes halogenated alkanes) is 7. The maximum Gasteiger partial charge on any atom is 0.303 e. The third kappa shape index (κ3) is 9.08. The first-order chi connectivity index (χ1) is 18.3. The molecule has 0 fully saturated rings. The highest BCUT2D eigenvalue weighted by molar-refractivity contribution is 7.89. The van der Waals surface area contributed by atoms with Crippen LogP contribution in [0.3, 0.4) is 0 Å². The molecule has 3 aromatic carbocycles. The average Bonchev–Trinajstić information content (AvgIpc) is 2.91. The standard InChI is InChI=1S/C30H34ClNO5S/c31-26-16-12-15-24(21-26)27-22-25(30(35)23-13-8-7-9-14-23)18-19-28(27)38(36,37)32-20-11-6-4-2-1-3-5-10-17-29(33)34/h7-9,12-16,18-19,21-22,32H,1-6,10-11,17,20H2,(H,33,34). The number of benzene rings is 3. The van der Waals surface area contributed by atoms with Crippen molar-refractivity contribution in [1.29, 1.82) is 0 Å². The summed E-state index contributed by atoms with van der Waals surface area (Å²) in [4.78, 5) is 23.7. The van der Waals surface area contributed by atoms with Crippen LogP contribution in [0.1, 0.15) is 73.7 Å². The lowest BCUT2D eigenvalue weighted by molar-refractivity contribution is -0.137. The fourth-order valence-corrected chi connectivity index (χ4v) is 5.76. The van der Waals surface area contributed by atoms with Gasteiger partial charge in [-0.3, -0.25) is 9.59 Å². The zero-order valence-electron chi connectivity index (χ0n) is 21.4. The number of rotatable bonds is 16. The van der Waals surface area contributed by atoms with Gasteiger partial charge in [-0.1, -0.05) is 92.6 Å². The summed E-state index contributed by atoms with van der Waals surface area (Å²) in [7, 11) is -3.83. The van der Waals surface area contributed by atoms with Crippen LogP contribution in [0.5, 0.6) is 0 Å². The molecule has 3 aromatic rings. The van der Waals surface area contributed by atoms with Gasteiger partial charge in [-0.05, 0) is 48.7 Å². The topological polar surface area (TPSA) is 101 Å². The first-order valence-electron chi connectivity index (χ1n) is 13.0. The van der Waals surface area contributed by atoms with E-state index in [0.717, 1.165) is 51.4 Å². The zero-order chi connectivity index (χ0) is 27.4. The molecule has 0 spiro atoms. The Kier molecular flexibility index (Phi) is 11.5. The Morgan fingerprint density at radius 1 is 0.737 bits per heavy atom. The van der Waals surface area contributed by atoms with Crippen molar-refractivity contribution in [2.24, 2.45) is 0 Å². The van der Waals surface area contributed by atoms with Gasteiger partial charge in [-0.15, -0.1) is 0 Å². The minimum Gasteiger partial charge on any atom is -0.481 e. The first-order valence-corrected chi connectivity index (χ1v) is 14.9. The number of carbonyl (C=O) groups is 2. The smallest absolute Gasteiger partial charge is 0.303 e. The lowest BCUT2D eigenvalue weighted by Crippen LogP contribution is -2.25. The van der Waals surface area contributed by atoms with Gasteiger partial charge >= 0.3 is 5.97 Å². The van der Waals surface area contributed by atoms with Crippen molar-refractivity contribution >= 4 is 33.4 Å². The van der Waals surface area contributed by atoms with E-state index >= 15 is 0 Å². The van der Waals surface area contributed by atoms with Gasteiger partial charge in [-0.25, -0.2) is 13.1 Å². The lowest BCUT2D eigenvalue weighted by atomic mass is 9.98. The monoisotopic (exact) mass is 555 g/mol. The summed E-state index contributed by atoms with van der Waals surface area (Å²) in [5.41, 5.74) is 1.96. The van der Waals surface area contributed by atoms with Crippen molar-refractivity contribution in [2.75, 3.05) is 6.54 Å². The Morgan fingerprint density at radius 3 is 2.05 bits per heavy atom. The van der Waals surface area contributed by atoms with Crippen molar-refractivity contribution in [3.05, 3.63) is 88.9 Å². The van der Waals surface area contributed by atoms with E-state index in [1.54, 1.807) is 60.7 Å². The molecule has 0 aliphatic heterocycles. The molecular weight excluding hydrogens is 522 g/mol. The molecule has 0 atom stereocenters. The molecule has 0 aliphatic carbocycles. The number of nitrogens with one attached hydrogen (secondary N) is 1. The second-order valence-corrected chi connectivity index (χ2v) is 11.5. The summed E-state index contributed by atoms with van der Waals surface area (Å²) in [6.45, 7) is 0.320. The number of carboxylic acid groups (broad SMARTS) is 1. The van der Waals surface area contributed by atoms with Crippen LogP contribution in [0.25, 0.3) is 11.1 Å². The summed E-state index contributed by atoms with van der Waals surface area (Å²) < 4.78 is 29.3.